The van der Waals surface area contributed by atoms with E-state index in [0.29, 0.717) is 40.1 Å². The molecule has 0 aliphatic rings. The van der Waals surface area contributed by atoms with Crippen LogP contribution in [0.4, 0.5) is 4.39 Å². The van der Waals surface area contributed by atoms with Gasteiger partial charge >= 0.3 is 0 Å². The molecule has 3 rings (SSSR count). The Morgan fingerprint density at radius 3 is 2.72 bits per heavy atom. The second-order valence-corrected chi connectivity index (χ2v) is 6.60. The number of hydrogen-bond donors (Lipinski definition) is 2. The molecule has 25 heavy (non-hydrogen) atoms. The first-order valence-electron chi connectivity index (χ1n) is 7.86. The number of nitrogens with one attached hydrogen (secondary N) is 2. The normalized spacial score (nSPS) is 10.8. The number of thioether (sulfide) groups is 1. The van der Waals surface area contributed by atoms with Gasteiger partial charge in [-0.2, -0.15) is 11.8 Å². The average Bonchev–Trinajstić information content (AvgIpc) is 2.62. The minimum Gasteiger partial charge on any atom is -0.351 e. The molecule has 0 saturated heterocycles. The van der Waals surface area contributed by atoms with Gasteiger partial charge in [0.2, 0.25) is 5.56 Å². The summed E-state index contributed by atoms with van der Waals surface area (Å²) in [5.74, 6) is 0.709. The molecule has 1 heterocycles. The molecule has 128 valence electrons. The fraction of sp³-hybridized carbons (Fsp3) is 0.158. The van der Waals surface area contributed by atoms with E-state index in [0.717, 1.165) is 0 Å². The number of benzene rings is 2. The van der Waals surface area contributed by atoms with Crippen molar-refractivity contribution in [1.29, 1.82) is 0 Å². The smallest absolute Gasteiger partial charge is 0.252 e. The molecule has 1 amide bonds. The van der Waals surface area contributed by atoms with Gasteiger partial charge in [-0.3, -0.25) is 9.59 Å². The molecule has 0 unspecified atom stereocenters. The zero-order valence-electron chi connectivity index (χ0n) is 13.4. The molecule has 3 aromatic rings. The number of aromatic amines is 1. The molecule has 0 fully saturated rings. The van der Waals surface area contributed by atoms with Crippen molar-refractivity contribution in [3.05, 3.63) is 81.9 Å². The number of aromatic nitrogens is 1. The maximum Gasteiger partial charge on any atom is 0.252 e. The zero-order chi connectivity index (χ0) is 17.6. The fourth-order valence-corrected chi connectivity index (χ4v) is 3.37. The van der Waals surface area contributed by atoms with Gasteiger partial charge in [0, 0.05) is 35.0 Å². The van der Waals surface area contributed by atoms with E-state index in [1.165, 1.54) is 12.1 Å². The highest BCUT2D eigenvalue weighted by molar-refractivity contribution is 7.98. The van der Waals surface area contributed by atoms with Crippen LogP contribution in [0.2, 0.25) is 0 Å². The molecule has 0 aliphatic heterocycles. The average molecular weight is 356 g/mol. The van der Waals surface area contributed by atoms with Crippen LogP contribution in [-0.2, 0) is 5.75 Å². The Bertz CT molecular complexity index is 955. The summed E-state index contributed by atoms with van der Waals surface area (Å²) in [5.41, 5.74) is 1.34. The summed E-state index contributed by atoms with van der Waals surface area (Å²) in [6, 6.07) is 15.2. The first-order valence-corrected chi connectivity index (χ1v) is 9.02. The van der Waals surface area contributed by atoms with Crippen LogP contribution in [0.15, 0.2) is 59.4 Å². The number of para-hydroxylation sites is 1. The maximum absolute atomic E-state index is 13.5. The van der Waals surface area contributed by atoms with Gasteiger partial charge in [-0.1, -0.05) is 36.4 Å². The third-order valence-corrected chi connectivity index (χ3v) is 4.75. The number of rotatable bonds is 6. The van der Waals surface area contributed by atoms with Crippen molar-refractivity contribution < 1.29 is 9.18 Å². The van der Waals surface area contributed by atoms with Crippen molar-refractivity contribution in [2.24, 2.45) is 0 Å². The molecule has 2 N–H and O–H groups in total. The molecule has 0 spiro atoms. The lowest BCUT2D eigenvalue weighted by atomic mass is 10.1. The Labute approximate surface area is 148 Å². The first kappa shape index (κ1) is 17.2. The number of halogens is 1. The van der Waals surface area contributed by atoms with Crippen LogP contribution in [0.3, 0.4) is 0 Å². The summed E-state index contributed by atoms with van der Waals surface area (Å²) in [7, 11) is 0. The molecule has 0 atom stereocenters. The Balaban J connectivity index is 1.57. The van der Waals surface area contributed by atoms with E-state index >= 15 is 0 Å². The predicted octanol–water partition coefficient (Wildman–Crippen LogP) is 3.33. The Morgan fingerprint density at radius 1 is 1.12 bits per heavy atom. The van der Waals surface area contributed by atoms with Crippen molar-refractivity contribution in [3.63, 3.8) is 0 Å². The van der Waals surface area contributed by atoms with Gasteiger partial charge in [0.25, 0.3) is 5.91 Å². The van der Waals surface area contributed by atoms with Gasteiger partial charge in [-0.25, -0.2) is 4.39 Å². The zero-order valence-corrected chi connectivity index (χ0v) is 14.2. The second kappa shape index (κ2) is 7.98. The van der Waals surface area contributed by atoms with E-state index in [1.807, 2.05) is 6.07 Å². The van der Waals surface area contributed by atoms with Crippen molar-refractivity contribution >= 4 is 28.6 Å². The van der Waals surface area contributed by atoms with E-state index in [1.54, 1.807) is 48.2 Å². The lowest BCUT2D eigenvalue weighted by Crippen LogP contribution is -2.27. The number of carbonyl (C=O) groups excluding carboxylic acids is 1. The molecule has 0 aliphatic carbocycles. The number of pyridine rings is 1. The number of H-pyrrole nitrogens is 1. The van der Waals surface area contributed by atoms with E-state index in [2.05, 4.69) is 10.3 Å². The molecule has 0 radical (unpaired) electrons. The quantitative estimate of drug-likeness (QED) is 0.666. The topological polar surface area (TPSA) is 62.0 Å². The van der Waals surface area contributed by atoms with Crippen LogP contribution in [0.5, 0.6) is 0 Å². The van der Waals surface area contributed by atoms with Crippen LogP contribution >= 0.6 is 11.8 Å². The van der Waals surface area contributed by atoms with Crippen molar-refractivity contribution in [2.75, 3.05) is 12.3 Å². The summed E-state index contributed by atoms with van der Waals surface area (Å²) < 4.78 is 13.5. The summed E-state index contributed by atoms with van der Waals surface area (Å²) in [5, 5.41) is 3.52. The Morgan fingerprint density at radius 2 is 1.88 bits per heavy atom. The molecule has 4 nitrogen and oxygen atoms in total. The van der Waals surface area contributed by atoms with Crippen molar-refractivity contribution in [1.82, 2.24) is 10.3 Å². The van der Waals surface area contributed by atoms with Crippen molar-refractivity contribution in [3.8, 4) is 0 Å². The van der Waals surface area contributed by atoms with Gasteiger partial charge in [0.05, 0.1) is 5.56 Å². The van der Waals surface area contributed by atoms with Gasteiger partial charge in [-0.05, 0) is 17.7 Å². The lowest BCUT2D eigenvalue weighted by Gasteiger charge is -2.08. The van der Waals surface area contributed by atoms with E-state index in [9.17, 15) is 14.0 Å². The minimum atomic E-state index is -0.308. The van der Waals surface area contributed by atoms with E-state index in [4.69, 9.17) is 0 Å². The molecule has 0 bridgehead atoms. The molecule has 2 aromatic carbocycles. The number of carbonyl (C=O) groups is 1. The van der Waals surface area contributed by atoms with E-state index in [-0.39, 0.29) is 17.3 Å². The minimum absolute atomic E-state index is 0.214. The van der Waals surface area contributed by atoms with Crippen LogP contribution in [0, 0.1) is 5.82 Å². The molecular weight excluding hydrogens is 339 g/mol. The summed E-state index contributed by atoms with van der Waals surface area (Å²) in [6.45, 7) is 0.444. The molecule has 1 aromatic heterocycles. The second-order valence-electron chi connectivity index (χ2n) is 5.49. The highest BCUT2D eigenvalue weighted by atomic mass is 32.2. The predicted molar refractivity (Wildman–Crippen MR) is 99.5 cm³/mol. The molecular formula is C19H17FN2O2S. The number of fused-ring (bicyclic) bond motifs is 1. The number of amides is 1. The van der Waals surface area contributed by atoms with Crippen molar-refractivity contribution in [2.45, 2.75) is 5.75 Å². The number of hydrogen-bond acceptors (Lipinski definition) is 3. The van der Waals surface area contributed by atoms with E-state index < -0.39 is 0 Å². The summed E-state index contributed by atoms with van der Waals surface area (Å²) in [6.07, 6.45) is 0. The van der Waals surface area contributed by atoms with Gasteiger partial charge < -0.3 is 10.3 Å². The monoisotopic (exact) mass is 356 g/mol. The third kappa shape index (κ3) is 4.28. The summed E-state index contributed by atoms with van der Waals surface area (Å²) >= 11 is 1.54. The highest BCUT2D eigenvalue weighted by Crippen LogP contribution is 2.16. The lowest BCUT2D eigenvalue weighted by molar-refractivity contribution is 0.0957. The third-order valence-electron chi connectivity index (χ3n) is 3.74. The molecule has 6 heteroatoms. The van der Waals surface area contributed by atoms with Crippen LogP contribution in [-0.4, -0.2) is 23.2 Å². The fourth-order valence-electron chi connectivity index (χ4n) is 2.52. The standard InChI is InChI=1S/C19H17FN2O2S/c20-16-7-3-1-5-13(16)12-25-10-9-21-19(24)15-11-18(23)22-17-8-4-2-6-14(15)17/h1-8,11H,9-10,12H2,(H,21,24)(H,22,23). The largest absolute Gasteiger partial charge is 0.351 e. The van der Waals surface area contributed by atoms with Crippen LogP contribution in [0.25, 0.3) is 10.9 Å². The van der Waals surface area contributed by atoms with Gasteiger partial charge in [0.1, 0.15) is 5.82 Å². The molecule has 0 saturated carbocycles. The SMILES string of the molecule is O=C(NCCSCc1ccccc1F)c1cc(=O)[nH]c2ccccc12. The highest BCUT2D eigenvalue weighted by Gasteiger charge is 2.11. The van der Waals surface area contributed by atoms with Crippen LogP contribution in [0.1, 0.15) is 15.9 Å². The Kier molecular flexibility index (Phi) is 5.50. The van der Waals surface area contributed by atoms with Crippen LogP contribution < -0.4 is 10.9 Å². The summed E-state index contributed by atoms with van der Waals surface area (Å²) in [4.78, 5) is 26.8. The maximum atomic E-state index is 13.5. The van der Waals surface area contributed by atoms with Gasteiger partial charge in [0.15, 0.2) is 0 Å². The Hall–Kier alpha value is -2.60. The first-order chi connectivity index (χ1) is 12.1. The van der Waals surface area contributed by atoms with Gasteiger partial charge in [-0.15, -0.1) is 0 Å².